The molecule has 0 aromatic carbocycles. The Kier molecular flexibility index (Phi) is 6.99. The average molecular weight is 304 g/mol. The molecule has 1 aromatic rings. The predicted molar refractivity (Wildman–Crippen MR) is 82.3 cm³/mol. The van der Waals surface area contributed by atoms with Gasteiger partial charge in [-0.1, -0.05) is 6.92 Å². The maximum atomic E-state index is 11.9. The summed E-state index contributed by atoms with van der Waals surface area (Å²) >= 11 is 1.72. The highest BCUT2D eigenvalue weighted by molar-refractivity contribution is 7.89. The molecule has 0 amide bonds. The Morgan fingerprint density at radius 3 is 2.63 bits per heavy atom. The summed E-state index contributed by atoms with van der Waals surface area (Å²) in [4.78, 5) is 2.48. The van der Waals surface area contributed by atoms with Gasteiger partial charge in [-0.2, -0.15) is 0 Å². The van der Waals surface area contributed by atoms with E-state index < -0.39 is 10.0 Å². The smallest absolute Gasteiger partial charge is 0.213 e. The zero-order valence-corrected chi connectivity index (χ0v) is 13.5. The number of nitrogens with one attached hydrogen (secondary N) is 2. The van der Waals surface area contributed by atoms with E-state index in [9.17, 15) is 8.42 Å². The van der Waals surface area contributed by atoms with Crippen LogP contribution in [0, 0.1) is 6.92 Å². The summed E-state index contributed by atoms with van der Waals surface area (Å²) in [6.07, 6.45) is 1.77. The molecular formula is C13H24N2O2S2. The SMILES string of the molecule is CCCNCCS(=O)(=O)NC(C)Cc1ccc(C)s1. The molecule has 19 heavy (non-hydrogen) atoms. The van der Waals surface area contributed by atoms with E-state index in [1.807, 2.05) is 6.92 Å². The normalized spacial score (nSPS) is 13.6. The van der Waals surface area contributed by atoms with Gasteiger partial charge in [0.15, 0.2) is 0 Å². The van der Waals surface area contributed by atoms with Crippen molar-refractivity contribution in [2.24, 2.45) is 0 Å². The molecule has 0 radical (unpaired) electrons. The highest BCUT2D eigenvalue weighted by atomic mass is 32.2. The molecule has 6 heteroatoms. The number of sulfonamides is 1. The van der Waals surface area contributed by atoms with Crippen molar-refractivity contribution in [3.8, 4) is 0 Å². The lowest BCUT2D eigenvalue weighted by Gasteiger charge is -2.13. The second kappa shape index (κ2) is 7.99. The van der Waals surface area contributed by atoms with E-state index in [1.54, 1.807) is 11.3 Å². The van der Waals surface area contributed by atoms with Gasteiger partial charge in [-0.25, -0.2) is 13.1 Å². The Balaban J connectivity index is 2.35. The number of aryl methyl sites for hydroxylation is 1. The van der Waals surface area contributed by atoms with Gasteiger partial charge < -0.3 is 5.32 Å². The Morgan fingerprint density at radius 1 is 1.32 bits per heavy atom. The molecule has 0 aliphatic rings. The Labute approximate surface area is 120 Å². The standard InChI is InChI=1S/C13H24N2O2S2/c1-4-7-14-8-9-19(16,17)15-11(2)10-13-6-5-12(3)18-13/h5-6,11,14-15H,4,7-10H2,1-3H3. The number of rotatable bonds is 9. The van der Waals surface area contributed by atoms with Crippen LogP contribution in [0.2, 0.25) is 0 Å². The first-order chi connectivity index (χ1) is 8.93. The van der Waals surface area contributed by atoms with Crippen LogP contribution >= 0.6 is 11.3 Å². The summed E-state index contributed by atoms with van der Waals surface area (Å²) < 4.78 is 26.4. The summed E-state index contributed by atoms with van der Waals surface area (Å²) in [5.41, 5.74) is 0. The van der Waals surface area contributed by atoms with E-state index in [4.69, 9.17) is 0 Å². The summed E-state index contributed by atoms with van der Waals surface area (Å²) in [6.45, 7) is 7.40. The van der Waals surface area contributed by atoms with Gasteiger partial charge in [-0.05, 0) is 45.4 Å². The van der Waals surface area contributed by atoms with Crippen LogP contribution in [0.5, 0.6) is 0 Å². The lowest BCUT2D eigenvalue weighted by atomic mass is 10.2. The molecule has 2 N–H and O–H groups in total. The molecule has 1 atom stereocenters. The van der Waals surface area contributed by atoms with Gasteiger partial charge in [0, 0.05) is 22.3 Å². The molecule has 1 heterocycles. The summed E-state index contributed by atoms with van der Waals surface area (Å²) in [5, 5.41) is 3.10. The average Bonchev–Trinajstić information content (AvgIpc) is 2.69. The lowest BCUT2D eigenvalue weighted by molar-refractivity contribution is 0.556. The Hall–Kier alpha value is -0.430. The van der Waals surface area contributed by atoms with Crippen LogP contribution in [0.4, 0.5) is 0 Å². The van der Waals surface area contributed by atoms with E-state index in [2.05, 4.69) is 36.0 Å². The molecular weight excluding hydrogens is 280 g/mol. The van der Waals surface area contributed by atoms with Crippen LogP contribution in [-0.4, -0.2) is 33.3 Å². The molecule has 0 saturated heterocycles. The zero-order chi connectivity index (χ0) is 14.3. The maximum Gasteiger partial charge on any atom is 0.213 e. The highest BCUT2D eigenvalue weighted by Gasteiger charge is 2.14. The van der Waals surface area contributed by atoms with Gasteiger partial charge in [0.25, 0.3) is 0 Å². The lowest BCUT2D eigenvalue weighted by Crippen LogP contribution is -2.38. The van der Waals surface area contributed by atoms with Gasteiger partial charge >= 0.3 is 0 Å². The van der Waals surface area contributed by atoms with Crippen molar-refractivity contribution in [3.05, 3.63) is 21.9 Å². The fraction of sp³-hybridized carbons (Fsp3) is 0.692. The summed E-state index contributed by atoms with van der Waals surface area (Å²) in [7, 11) is -3.18. The van der Waals surface area contributed by atoms with E-state index in [0.29, 0.717) is 6.54 Å². The van der Waals surface area contributed by atoms with Crippen molar-refractivity contribution in [2.45, 2.75) is 39.7 Å². The number of hydrogen-bond acceptors (Lipinski definition) is 4. The monoisotopic (exact) mass is 304 g/mol. The molecule has 0 saturated carbocycles. The van der Waals surface area contributed by atoms with Crippen LogP contribution in [0.1, 0.15) is 30.0 Å². The topological polar surface area (TPSA) is 58.2 Å². The third kappa shape index (κ3) is 7.06. The predicted octanol–water partition coefficient (Wildman–Crippen LogP) is 1.91. The first-order valence-electron chi connectivity index (χ1n) is 6.69. The highest BCUT2D eigenvalue weighted by Crippen LogP contribution is 2.16. The molecule has 1 unspecified atom stereocenters. The zero-order valence-electron chi connectivity index (χ0n) is 11.9. The van der Waals surface area contributed by atoms with Crippen LogP contribution in [0.25, 0.3) is 0 Å². The minimum atomic E-state index is -3.18. The van der Waals surface area contributed by atoms with Crippen molar-refractivity contribution < 1.29 is 8.42 Å². The van der Waals surface area contributed by atoms with Gasteiger partial charge in [0.05, 0.1) is 5.75 Å². The molecule has 1 aromatic heterocycles. The van der Waals surface area contributed by atoms with Crippen LogP contribution in [0.3, 0.4) is 0 Å². The third-order valence-corrected chi connectivity index (χ3v) is 5.18. The summed E-state index contributed by atoms with van der Waals surface area (Å²) in [6, 6.07) is 4.07. The minimum absolute atomic E-state index is 0.0609. The molecule has 4 nitrogen and oxygen atoms in total. The van der Waals surface area contributed by atoms with E-state index >= 15 is 0 Å². The van der Waals surface area contributed by atoms with E-state index in [0.717, 1.165) is 19.4 Å². The fourth-order valence-electron chi connectivity index (χ4n) is 1.81. The summed E-state index contributed by atoms with van der Waals surface area (Å²) in [5.74, 6) is 0.140. The maximum absolute atomic E-state index is 11.9. The van der Waals surface area contributed by atoms with E-state index in [-0.39, 0.29) is 11.8 Å². The van der Waals surface area contributed by atoms with Gasteiger partial charge in [-0.15, -0.1) is 11.3 Å². The Morgan fingerprint density at radius 2 is 2.05 bits per heavy atom. The first-order valence-corrected chi connectivity index (χ1v) is 9.16. The van der Waals surface area contributed by atoms with Crippen LogP contribution in [0.15, 0.2) is 12.1 Å². The van der Waals surface area contributed by atoms with Crippen LogP contribution in [-0.2, 0) is 16.4 Å². The number of thiophene rings is 1. The van der Waals surface area contributed by atoms with Crippen molar-refractivity contribution in [3.63, 3.8) is 0 Å². The van der Waals surface area contributed by atoms with Crippen molar-refractivity contribution >= 4 is 21.4 Å². The third-order valence-electron chi connectivity index (χ3n) is 2.66. The molecule has 0 fully saturated rings. The van der Waals surface area contributed by atoms with Crippen molar-refractivity contribution in [1.82, 2.24) is 10.0 Å². The molecule has 0 aliphatic heterocycles. The van der Waals surface area contributed by atoms with Crippen LogP contribution < -0.4 is 10.0 Å². The second-order valence-electron chi connectivity index (χ2n) is 4.80. The quantitative estimate of drug-likeness (QED) is 0.685. The first kappa shape index (κ1) is 16.6. The number of hydrogen-bond donors (Lipinski definition) is 2. The Bertz CT molecular complexity index is 469. The second-order valence-corrected chi connectivity index (χ2v) is 8.05. The van der Waals surface area contributed by atoms with Gasteiger partial charge in [0.1, 0.15) is 0 Å². The van der Waals surface area contributed by atoms with Gasteiger partial charge in [-0.3, -0.25) is 0 Å². The van der Waals surface area contributed by atoms with Crippen molar-refractivity contribution in [2.75, 3.05) is 18.8 Å². The molecule has 1 rings (SSSR count). The fourth-order valence-corrected chi connectivity index (χ4v) is 4.06. The van der Waals surface area contributed by atoms with Gasteiger partial charge in [0.2, 0.25) is 10.0 Å². The minimum Gasteiger partial charge on any atom is -0.316 e. The molecule has 110 valence electrons. The van der Waals surface area contributed by atoms with E-state index in [1.165, 1.54) is 9.75 Å². The largest absolute Gasteiger partial charge is 0.316 e. The molecule has 0 bridgehead atoms. The van der Waals surface area contributed by atoms with Crippen molar-refractivity contribution in [1.29, 1.82) is 0 Å². The molecule has 0 aliphatic carbocycles. The molecule has 0 spiro atoms.